The molecule has 0 aromatic heterocycles. The average Bonchev–Trinajstić information content (AvgIpc) is 2.38. The minimum absolute atomic E-state index is 0.188. The summed E-state index contributed by atoms with van der Waals surface area (Å²) in [5.74, 6) is -7.02. The van der Waals surface area contributed by atoms with Gasteiger partial charge in [0.05, 0.1) is 0 Å². The van der Waals surface area contributed by atoms with Crippen molar-refractivity contribution in [2.24, 2.45) is 5.73 Å². The predicted molar refractivity (Wildman–Crippen MR) is 63.8 cm³/mol. The Bertz CT molecular complexity index is 665. The number of nitrogens with two attached hydrogens (primary N) is 1. The minimum atomic E-state index is -1.36. The third kappa shape index (κ3) is 2.56. The summed E-state index contributed by atoms with van der Waals surface area (Å²) in [5, 5.41) is 7.08. The second-order valence-electron chi connectivity index (χ2n) is 3.84. The molecule has 0 aliphatic heterocycles. The molecule has 0 radical (unpaired) electrons. The smallest absolute Gasteiger partial charge is 0.201 e. The Morgan fingerprint density at radius 3 is 2.15 bits per heavy atom. The van der Waals surface area contributed by atoms with Gasteiger partial charge in [-0.25, -0.2) is 13.2 Å². The first-order chi connectivity index (χ1) is 9.40. The SMILES string of the molecule is N=C(N)c1cc(F)c(Oc2cccc(F)c2F)c(F)c1. The molecule has 2 aromatic carbocycles. The Labute approximate surface area is 111 Å². The van der Waals surface area contributed by atoms with E-state index in [-0.39, 0.29) is 5.56 Å². The Balaban J connectivity index is 2.44. The molecule has 0 heterocycles. The Kier molecular flexibility index (Phi) is 3.60. The highest BCUT2D eigenvalue weighted by atomic mass is 19.2. The van der Waals surface area contributed by atoms with E-state index >= 15 is 0 Å². The van der Waals surface area contributed by atoms with Crippen molar-refractivity contribution in [2.75, 3.05) is 0 Å². The maximum atomic E-state index is 13.7. The Morgan fingerprint density at radius 2 is 1.60 bits per heavy atom. The van der Waals surface area contributed by atoms with Crippen LogP contribution < -0.4 is 10.5 Å². The molecule has 0 saturated heterocycles. The van der Waals surface area contributed by atoms with E-state index in [4.69, 9.17) is 15.9 Å². The first-order valence-electron chi connectivity index (χ1n) is 5.35. The van der Waals surface area contributed by atoms with Gasteiger partial charge in [0.25, 0.3) is 0 Å². The molecule has 2 rings (SSSR count). The molecule has 0 saturated carbocycles. The molecule has 2 aromatic rings. The molecule has 0 aliphatic rings. The van der Waals surface area contributed by atoms with E-state index in [0.717, 1.165) is 30.3 Å². The van der Waals surface area contributed by atoms with Gasteiger partial charge in [-0.3, -0.25) is 5.41 Å². The van der Waals surface area contributed by atoms with Gasteiger partial charge in [0.2, 0.25) is 5.82 Å². The number of nitrogen functional groups attached to an aromatic ring is 1. The fourth-order valence-electron chi connectivity index (χ4n) is 1.49. The molecule has 20 heavy (non-hydrogen) atoms. The van der Waals surface area contributed by atoms with Crippen LogP contribution in [0.2, 0.25) is 0 Å². The lowest BCUT2D eigenvalue weighted by Gasteiger charge is -2.10. The molecule has 3 nitrogen and oxygen atoms in total. The standard InChI is InChI=1S/C13H8F4N2O/c14-7-2-1-3-10(11(7)17)20-12-8(15)4-6(13(18)19)5-9(12)16/h1-5H,(H3,18,19). The molecular formula is C13H8F4N2O. The van der Waals surface area contributed by atoms with Crippen LogP contribution in [0.5, 0.6) is 11.5 Å². The normalized spacial score (nSPS) is 10.4. The quantitative estimate of drug-likeness (QED) is 0.516. The van der Waals surface area contributed by atoms with Gasteiger partial charge in [0.1, 0.15) is 5.84 Å². The van der Waals surface area contributed by atoms with Crippen LogP contribution in [0.25, 0.3) is 0 Å². The van der Waals surface area contributed by atoms with Crippen molar-refractivity contribution < 1.29 is 22.3 Å². The van der Waals surface area contributed by atoms with Crippen LogP contribution in [0.15, 0.2) is 30.3 Å². The fourth-order valence-corrected chi connectivity index (χ4v) is 1.49. The van der Waals surface area contributed by atoms with E-state index in [0.29, 0.717) is 0 Å². The maximum Gasteiger partial charge on any atom is 0.201 e. The van der Waals surface area contributed by atoms with Crippen molar-refractivity contribution in [3.05, 3.63) is 59.2 Å². The van der Waals surface area contributed by atoms with Gasteiger partial charge in [-0.2, -0.15) is 4.39 Å². The second kappa shape index (κ2) is 5.20. The Morgan fingerprint density at radius 1 is 1.00 bits per heavy atom. The monoisotopic (exact) mass is 284 g/mol. The van der Waals surface area contributed by atoms with E-state index in [2.05, 4.69) is 0 Å². The summed E-state index contributed by atoms with van der Waals surface area (Å²) in [4.78, 5) is 0. The van der Waals surface area contributed by atoms with E-state index in [9.17, 15) is 17.6 Å². The van der Waals surface area contributed by atoms with E-state index in [1.54, 1.807) is 0 Å². The lowest BCUT2D eigenvalue weighted by molar-refractivity contribution is 0.375. The number of ether oxygens (including phenoxy) is 1. The zero-order chi connectivity index (χ0) is 14.9. The third-order valence-electron chi connectivity index (χ3n) is 2.44. The highest BCUT2D eigenvalue weighted by molar-refractivity contribution is 5.95. The number of nitrogens with one attached hydrogen (secondary N) is 1. The van der Waals surface area contributed by atoms with Crippen LogP contribution in [0.1, 0.15) is 5.56 Å². The van der Waals surface area contributed by atoms with Crippen molar-refractivity contribution in [2.45, 2.75) is 0 Å². The summed E-state index contributed by atoms with van der Waals surface area (Å²) < 4.78 is 58.3. The van der Waals surface area contributed by atoms with Gasteiger partial charge in [-0.15, -0.1) is 0 Å². The van der Waals surface area contributed by atoms with Crippen LogP contribution in [0.4, 0.5) is 17.6 Å². The van der Waals surface area contributed by atoms with Crippen molar-refractivity contribution >= 4 is 5.84 Å². The van der Waals surface area contributed by atoms with Gasteiger partial charge >= 0.3 is 0 Å². The number of amidine groups is 1. The summed E-state index contributed by atoms with van der Waals surface area (Å²) in [6.45, 7) is 0. The van der Waals surface area contributed by atoms with E-state index in [1.165, 1.54) is 0 Å². The van der Waals surface area contributed by atoms with Crippen molar-refractivity contribution in [3.8, 4) is 11.5 Å². The fraction of sp³-hybridized carbons (Fsp3) is 0. The van der Waals surface area contributed by atoms with Gasteiger partial charge in [-0.05, 0) is 24.3 Å². The second-order valence-corrected chi connectivity index (χ2v) is 3.84. The lowest BCUT2D eigenvalue weighted by atomic mass is 10.2. The van der Waals surface area contributed by atoms with Crippen molar-refractivity contribution in [3.63, 3.8) is 0 Å². The van der Waals surface area contributed by atoms with Crippen LogP contribution in [0, 0.1) is 28.7 Å². The first-order valence-corrected chi connectivity index (χ1v) is 5.35. The molecule has 0 bridgehead atoms. The Hall–Kier alpha value is -2.57. The molecule has 0 fully saturated rings. The summed E-state index contributed by atoms with van der Waals surface area (Å²) >= 11 is 0. The summed E-state index contributed by atoms with van der Waals surface area (Å²) in [7, 11) is 0. The number of hydrogen-bond donors (Lipinski definition) is 2. The molecule has 0 spiro atoms. The van der Waals surface area contributed by atoms with Crippen LogP contribution in [-0.4, -0.2) is 5.84 Å². The van der Waals surface area contributed by atoms with Crippen molar-refractivity contribution in [1.29, 1.82) is 5.41 Å². The third-order valence-corrected chi connectivity index (χ3v) is 2.44. The first kappa shape index (κ1) is 13.9. The number of halogens is 4. The lowest BCUT2D eigenvalue weighted by Crippen LogP contribution is -2.12. The molecule has 0 unspecified atom stereocenters. The average molecular weight is 284 g/mol. The van der Waals surface area contributed by atoms with Crippen LogP contribution in [-0.2, 0) is 0 Å². The zero-order valence-electron chi connectivity index (χ0n) is 9.88. The molecular weight excluding hydrogens is 276 g/mol. The molecule has 0 aliphatic carbocycles. The van der Waals surface area contributed by atoms with Crippen LogP contribution in [0.3, 0.4) is 0 Å². The highest BCUT2D eigenvalue weighted by Crippen LogP contribution is 2.30. The number of benzene rings is 2. The van der Waals surface area contributed by atoms with Gasteiger partial charge < -0.3 is 10.5 Å². The predicted octanol–water partition coefficient (Wildman–Crippen LogP) is 3.32. The summed E-state index contributed by atoms with van der Waals surface area (Å²) in [5.41, 5.74) is 4.91. The number of hydrogen-bond acceptors (Lipinski definition) is 2. The molecule has 7 heteroatoms. The summed E-state index contributed by atoms with van der Waals surface area (Å²) in [6, 6.07) is 4.52. The molecule has 3 N–H and O–H groups in total. The molecule has 104 valence electrons. The van der Waals surface area contributed by atoms with Gasteiger partial charge in [-0.1, -0.05) is 6.07 Å². The maximum absolute atomic E-state index is 13.7. The number of rotatable bonds is 3. The van der Waals surface area contributed by atoms with E-state index < -0.39 is 40.6 Å². The van der Waals surface area contributed by atoms with Crippen molar-refractivity contribution in [1.82, 2.24) is 0 Å². The van der Waals surface area contributed by atoms with Gasteiger partial charge in [0.15, 0.2) is 29.0 Å². The van der Waals surface area contributed by atoms with Crippen LogP contribution >= 0.6 is 0 Å². The van der Waals surface area contributed by atoms with E-state index in [1.807, 2.05) is 0 Å². The van der Waals surface area contributed by atoms with Gasteiger partial charge in [0, 0.05) is 5.56 Å². The zero-order valence-corrected chi connectivity index (χ0v) is 9.88. The molecule has 0 amide bonds. The minimum Gasteiger partial charge on any atom is -0.448 e. The largest absolute Gasteiger partial charge is 0.448 e. The highest BCUT2D eigenvalue weighted by Gasteiger charge is 2.17. The topological polar surface area (TPSA) is 59.1 Å². The summed E-state index contributed by atoms with van der Waals surface area (Å²) in [6.07, 6.45) is 0. The molecule has 0 atom stereocenters.